The normalized spacial score (nSPS) is 14.6. The van der Waals surface area contributed by atoms with Crippen molar-refractivity contribution < 1.29 is 4.52 Å². The number of imidazole rings is 1. The van der Waals surface area contributed by atoms with Crippen LogP contribution in [0.4, 0.5) is 0 Å². The van der Waals surface area contributed by atoms with Crippen LogP contribution in [0.5, 0.6) is 0 Å². The molecule has 0 bridgehead atoms. The second kappa shape index (κ2) is 6.51. The fraction of sp³-hybridized carbons (Fsp3) is 0.238. The summed E-state index contributed by atoms with van der Waals surface area (Å²) in [4.78, 5) is 10.6. The minimum absolute atomic E-state index is 0.720. The van der Waals surface area contributed by atoms with Gasteiger partial charge in [0.2, 0.25) is 0 Å². The number of benzene rings is 2. The molecule has 5 nitrogen and oxygen atoms in total. The summed E-state index contributed by atoms with van der Waals surface area (Å²) < 4.78 is 5.60. The predicted octanol–water partition coefficient (Wildman–Crippen LogP) is 4.74. The number of hydrogen-bond acceptors (Lipinski definition) is 4. The minimum atomic E-state index is 0.720. The van der Waals surface area contributed by atoms with Gasteiger partial charge in [0.1, 0.15) is 17.3 Å². The second-order valence-corrected chi connectivity index (χ2v) is 7.54. The van der Waals surface area contributed by atoms with Gasteiger partial charge in [0.05, 0.1) is 17.6 Å². The van der Waals surface area contributed by atoms with Crippen molar-refractivity contribution in [2.45, 2.75) is 26.4 Å². The van der Waals surface area contributed by atoms with Crippen molar-refractivity contribution in [2.24, 2.45) is 0 Å². The lowest BCUT2D eigenvalue weighted by atomic mass is 10.0. The number of aromatic amines is 1. The average molecular weight is 379 g/mol. The molecule has 0 saturated heterocycles. The Morgan fingerprint density at radius 1 is 1.19 bits per heavy atom. The zero-order chi connectivity index (χ0) is 18.4. The summed E-state index contributed by atoms with van der Waals surface area (Å²) in [5, 5.41) is 5.04. The summed E-state index contributed by atoms with van der Waals surface area (Å²) in [5.41, 5.74) is 6.44. The van der Waals surface area contributed by atoms with Gasteiger partial charge in [0.25, 0.3) is 0 Å². The fourth-order valence-corrected chi connectivity index (χ4v) is 3.82. The van der Waals surface area contributed by atoms with Crippen LogP contribution >= 0.6 is 11.6 Å². The molecule has 0 spiro atoms. The first kappa shape index (κ1) is 16.5. The number of H-pyrrole nitrogens is 1. The summed E-state index contributed by atoms with van der Waals surface area (Å²) in [5.74, 6) is 1.97. The van der Waals surface area contributed by atoms with Crippen LogP contribution < -0.4 is 0 Å². The highest BCUT2D eigenvalue weighted by Crippen LogP contribution is 2.31. The van der Waals surface area contributed by atoms with Crippen molar-refractivity contribution >= 4 is 22.6 Å². The van der Waals surface area contributed by atoms with Gasteiger partial charge in [-0.25, -0.2) is 4.98 Å². The maximum absolute atomic E-state index is 6.01. The van der Waals surface area contributed by atoms with E-state index in [1.807, 2.05) is 24.3 Å². The summed E-state index contributed by atoms with van der Waals surface area (Å²) >= 11 is 6.01. The van der Waals surface area contributed by atoms with Crippen LogP contribution in [0, 0.1) is 6.92 Å². The third kappa shape index (κ3) is 3.13. The van der Waals surface area contributed by atoms with E-state index in [9.17, 15) is 0 Å². The van der Waals surface area contributed by atoms with Gasteiger partial charge in [-0.1, -0.05) is 35.0 Å². The molecule has 0 saturated carbocycles. The molecular formula is C21H19ClN4O. The van der Waals surface area contributed by atoms with Gasteiger partial charge in [-0.3, -0.25) is 4.90 Å². The van der Waals surface area contributed by atoms with Crippen LogP contribution in [0.2, 0.25) is 5.02 Å². The summed E-state index contributed by atoms with van der Waals surface area (Å²) in [6, 6.07) is 14.0. The van der Waals surface area contributed by atoms with Crippen LogP contribution in [0.15, 0.2) is 47.0 Å². The maximum Gasteiger partial charge on any atom is 0.143 e. The zero-order valence-corrected chi connectivity index (χ0v) is 15.8. The molecule has 0 fully saturated rings. The van der Waals surface area contributed by atoms with Gasteiger partial charge < -0.3 is 9.51 Å². The highest BCUT2D eigenvalue weighted by Gasteiger charge is 2.25. The summed E-state index contributed by atoms with van der Waals surface area (Å²) in [7, 11) is 0. The van der Waals surface area contributed by atoms with Crippen molar-refractivity contribution in [3.05, 3.63) is 70.2 Å². The van der Waals surface area contributed by atoms with E-state index in [0.29, 0.717) is 0 Å². The molecule has 136 valence electrons. The van der Waals surface area contributed by atoms with E-state index in [2.05, 4.69) is 40.2 Å². The summed E-state index contributed by atoms with van der Waals surface area (Å²) in [6.45, 7) is 4.60. The molecule has 0 radical (unpaired) electrons. The molecule has 5 rings (SSSR count). The average Bonchev–Trinajstić information content (AvgIpc) is 3.25. The van der Waals surface area contributed by atoms with Gasteiger partial charge in [-0.15, -0.1) is 0 Å². The molecule has 6 heteroatoms. The Morgan fingerprint density at radius 3 is 2.89 bits per heavy atom. The Balaban J connectivity index is 1.40. The van der Waals surface area contributed by atoms with Crippen LogP contribution in [0.3, 0.4) is 0 Å². The van der Waals surface area contributed by atoms with E-state index in [1.54, 1.807) is 0 Å². The maximum atomic E-state index is 6.01. The molecule has 0 unspecified atom stereocenters. The number of halogens is 1. The highest BCUT2D eigenvalue weighted by atomic mass is 35.5. The van der Waals surface area contributed by atoms with Crippen molar-refractivity contribution in [1.29, 1.82) is 0 Å². The Bertz CT molecular complexity index is 1110. The second-order valence-electron chi connectivity index (χ2n) is 7.10. The summed E-state index contributed by atoms with van der Waals surface area (Å²) in [6.07, 6.45) is 0.856. The van der Waals surface area contributed by atoms with E-state index >= 15 is 0 Å². The molecule has 0 amide bonds. The number of fused-ring (bicyclic) bond motifs is 2. The lowest BCUT2D eigenvalue weighted by molar-refractivity contribution is 0.224. The molecule has 3 heterocycles. The monoisotopic (exact) mass is 378 g/mol. The van der Waals surface area contributed by atoms with Crippen LogP contribution in [0.1, 0.15) is 22.7 Å². The first-order valence-corrected chi connectivity index (χ1v) is 9.44. The quantitative estimate of drug-likeness (QED) is 0.559. The van der Waals surface area contributed by atoms with Gasteiger partial charge in [0, 0.05) is 35.7 Å². The number of nitrogens with one attached hydrogen (secondary N) is 1. The third-order valence-corrected chi connectivity index (χ3v) is 5.34. The molecule has 1 aliphatic heterocycles. The third-order valence-electron chi connectivity index (χ3n) is 5.08. The largest absolute Gasteiger partial charge is 0.360 e. The number of aromatic nitrogens is 3. The van der Waals surface area contributed by atoms with Crippen molar-refractivity contribution in [1.82, 2.24) is 20.0 Å². The number of hydrogen-bond donors (Lipinski definition) is 1. The molecule has 2 aromatic carbocycles. The molecule has 2 aromatic heterocycles. The molecule has 0 aliphatic carbocycles. The fourth-order valence-electron chi connectivity index (χ4n) is 3.70. The Hall–Kier alpha value is -2.63. The molecule has 0 atom stereocenters. The predicted molar refractivity (Wildman–Crippen MR) is 106 cm³/mol. The van der Waals surface area contributed by atoms with Crippen molar-refractivity contribution in [3.63, 3.8) is 0 Å². The van der Waals surface area contributed by atoms with Gasteiger partial charge in [-0.2, -0.15) is 0 Å². The first-order chi connectivity index (χ1) is 13.2. The van der Waals surface area contributed by atoms with E-state index in [1.165, 1.54) is 5.56 Å². The SMILES string of the molecule is Cc1ccc2nc(CN3CCc4onc(-c5ccc(Cl)cc5)c4C3)[nH]c2c1. The van der Waals surface area contributed by atoms with Gasteiger partial charge >= 0.3 is 0 Å². The lowest BCUT2D eigenvalue weighted by Gasteiger charge is -2.25. The van der Waals surface area contributed by atoms with Crippen LogP contribution in [-0.2, 0) is 19.5 Å². The lowest BCUT2D eigenvalue weighted by Crippen LogP contribution is -2.30. The van der Waals surface area contributed by atoms with Crippen LogP contribution in [0.25, 0.3) is 22.3 Å². The smallest absolute Gasteiger partial charge is 0.143 e. The standard InChI is InChI=1S/C21H19ClN4O/c1-13-2-7-17-18(10-13)24-20(23-17)12-26-9-8-19-16(11-26)21(25-27-19)14-3-5-15(22)6-4-14/h2-7,10H,8-9,11-12H2,1H3,(H,23,24). The number of aryl methyl sites for hydroxylation is 1. The zero-order valence-electron chi connectivity index (χ0n) is 15.0. The molecule has 27 heavy (non-hydrogen) atoms. The van der Waals surface area contributed by atoms with Crippen LogP contribution in [-0.4, -0.2) is 26.6 Å². The van der Waals surface area contributed by atoms with E-state index in [-0.39, 0.29) is 0 Å². The Labute approximate surface area is 162 Å². The van der Waals surface area contributed by atoms with E-state index in [0.717, 1.165) is 70.5 Å². The first-order valence-electron chi connectivity index (χ1n) is 9.07. The Kier molecular flexibility index (Phi) is 3.99. The molecule has 4 aromatic rings. The molecule has 1 N–H and O–H groups in total. The topological polar surface area (TPSA) is 58.0 Å². The molecular weight excluding hydrogens is 360 g/mol. The van der Waals surface area contributed by atoms with E-state index in [4.69, 9.17) is 21.1 Å². The van der Waals surface area contributed by atoms with Gasteiger partial charge in [-0.05, 0) is 36.8 Å². The van der Waals surface area contributed by atoms with E-state index < -0.39 is 0 Å². The number of nitrogens with zero attached hydrogens (tertiary/aromatic N) is 3. The minimum Gasteiger partial charge on any atom is -0.360 e. The number of rotatable bonds is 3. The van der Waals surface area contributed by atoms with Crippen molar-refractivity contribution in [3.8, 4) is 11.3 Å². The van der Waals surface area contributed by atoms with Crippen molar-refractivity contribution in [2.75, 3.05) is 6.54 Å². The van der Waals surface area contributed by atoms with Gasteiger partial charge in [0.15, 0.2) is 0 Å². The highest BCUT2D eigenvalue weighted by molar-refractivity contribution is 6.30. The Morgan fingerprint density at radius 2 is 2.04 bits per heavy atom. The molecule has 1 aliphatic rings.